The van der Waals surface area contributed by atoms with Crippen molar-refractivity contribution in [1.82, 2.24) is 4.98 Å². The molecule has 5 heteroatoms. The molecular weight excluding hydrogens is 234 g/mol. The van der Waals surface area contributed by atoms with Crippen LogP contribution in [-0.4, -0.2) is 10.1 Å². The molecule has 4 nitrogen and oxygen atoms in total. The van der Waals surface area contributed by atoms with Gasteiger partial charge in [0.25, 0.3) is 5.56 Å². The molecule has 86 valence electrons. The topological polar surface area (TPSA) is 70.9 Å². The summed E-state index contributed by atoms with van der Waals surface area (Å²) in [4.78, 5) is 14.3. The summed E-state index contributed by atoms with van der Waals surface area (Å²) in [5.41, 5.74) is 7.22. The van der Waals surface area contributed by atoms with Gasteiger partial charge in [-0.05, 0) is 23.8 Å². The van der Waals surface area contributed by atoms with Gasteiger partial charge in [0.1, 0.15) is 5.69 Å². The number of pyridine rings is 1. The molecule has 0 spiro atoms. The van der Waals surface area contributed by atoms with E-state index in [1.165, 1.54) is 0 Å². The fourth-order valence-corrected chi connectivity index (χ4v) is 1.69. The zero-order chi connectivity index (χ0) is 12.3. The third-order valence-corrected chi connectivity index (χ3v) is 2.40. The van der Waals surface area contributed by atoms with Gasteiger partial charge in [0.2, 0.25) is 0 Å². The maximum absolute atomic E-state index is 11.7. The van der Waals surface area contributed by atoms with Crippen LogP contribution in [0.5, 0.6) is 0 Å². The van der Waals surface area contributed by atoms with Crippen molar-refractivity contribution in [3.8, 4) is 11.1 Å². The Hall–Kier alpha value is -2.14. The lowest BCUT2D eigenvalue weighted by Crippen LogP contribution is -2.24. The summed E-state index contributed by atoms with van der Waals surface area (Å²) >= 11 is 4.76. The summed E-state index contributed by atoms with van der Waals surface area (Å²) in [5, 5.41) is 2.77. The molecule has 4 N–H and O–H groups in total. The zero-order valence-electron chi connectivity index (χ0n) is 8.94. The minimum Gasteiger partial charge on any atom is -0.376 e. The monoisotopic (exact) mass is 245 g/mol. The lowest BCUT2D eigenvalue weighted by Gasteiger charge is -2.09. The van der Waals surface area contributed by atoms with Gasteiger partial charge in [-0.15, -0.1) is 0 Å². The highest BCUT2D eigenvalue weighted by molar-refractivity contribution is 7.80. The summed E-state index contributed by atoms with van der Waals surface area (Å²) in [6.45, 7) is 0. The average Bonchev–Trinajstić information content (AvgIpc) is 2.32. The lowest BCUT2D eigenvalue weighted by molar-refractivity contribution is 1.24. The van der Waals surface area contributed by atoms with Gasteiger partial charge in [-0.2, -0.15) is 0 Å². The van der Waals surface area contributed by atoms with E-state index in [9.17, 15) is 4.79 Å². The molecule has 0 fully saturated rings. The number of nitrogens with two attached hydrogens (primary N) is 1. The van der Waals surface area contributed by atoms with Crippen LogP contribution in [0, 0.1) is 0 Å². The largest absolute Gasteiger partial charge is 0.376 e. The van der Waals surface area contributed by atoms with Gasteiger partial charge in [0.15, 0.2) is 5.11 Å². The predicted molar refractivity (Wildman–Crippen MR) is 72.9 cm³/mol. The smallest absolute Gasteiger partial charge is 0.272 e. The highest BCUT2D eigenvalue weighted by Gasteiger charge is 2.08. The number of hydrogen-bond acceptors (Lipinski definition) is 2. The van der Waals surface area contributed by atoms with E-state index in [1.807, 2.05) is 30.3 Å². The van der Waals surface area contributed by atoms with Gasteiger partial charge in [0, 0.05) is 11.8 Å². The molecular formula is C12H11N3OS. The maximum Gasteiger partial charge on any atom is 0.272 e. The minimum atomic E-state index is -0.251. The van der Waals surface area contributed by atoms with Crippen LogP contribution in [-0.2, 0) is 0 Å². The Morgan fingerprint density at radius 2 is 1.94 bits per heavy atom. The minimum absolute atomic E-state index is 0.0684. The second kappa shape index (κ2) is 4.80. The van der Waals surface area contributed by atoms with Gasteiger partial charge in [-0.1, -0.05) is 30.3 Å². The Balaban J connectivity index is 2.58. The molecule has 2 aromatic rings. The molecule has 1 aromatic heterocycles. The zero-order valence-corrected chi connectivity index (χ0v) is 9.75. The third-order valence-electron chi connectivity index (χ3n) is 2.29. The van der Waals surface area contributed by atoms with Crippen LogP contribution in [0.3, 0.4) is 0 Å². The number of hydrogen-bond donors (Lipinski definition) is 3. The van der Waals surface area contributed by atoms with E-state index < -0.39 is 0 Å². The fraction of sp³-hybridized carbons (Fsp3) is 0. The van der Waals surface area contributed by atoms with Gasteiger partial charge in [-0.25, -0.2) is 0 Å². The highest BCUT2D eigenvalue weighted by Crippen LogP contribution is 2.23. The van der Waals surface area contributed by atoms with Crippen molar-refractivity contribution in [3.63, 3.8) is 0 Å². The first-order chi connectivity index (χ1) is 8.18. The number of benzene rings is 1. The lowest BCUT2D eigenvalue weighted by atomic mass is 10.1. The molecule has 0 aliphatic carbocycles. The Labute approximate surface area is 103 Å². The Morgan fingerprint density at radius 1 is 1.24 bits per heavy atom. The first kappa shape index (κ1) is 11.3. The van der Waals surface area contributed by atoms with Crippen LogP contribution in [0.15, 0.2) is 47.4 Å². The number of aromatic nitrogens is 1. The number of H-pyrrole nitrogens is 1. The van der Waals surface area contributed by atoms with E-state index in [-0.39, 0.29) is 10.7 Å². The van der Waals surface area contributed by atoms with Crippen molar-refractivity contribution in [2.24, 2.45) is 5.73 Å². The number of aromatic amines is 1. The summed E-state index contributed by atoms with van der Waals surface area (Å²) in [6.07, 6.45) is 1.59. The van der Waals surface area contributed by atoms with E-state index in [1.54, 1.807) is 12.3 Å². The summed E-state index contributed by atoms with van der Waals surface area (Å²) in [7, 11) is 0. The Kier molecular flexibility index (Phi) is 3.20. The molecule has 0 aliphatic heterocycles. The first-order valence-corrected chi connectivity index (χ1v) is 5.43. The molecule has 0 radical (unpaired) electrons. The Bertz CT molecular complexity index is 592. The summed E-state index contributed by atoms with van der Waals surface area (Å²) in [5.74, 6) is 0. The molecule has 0 atom stereocenters. The quantitative estimate of drug-likeness (QED) is 0.704. The van der Waals surface area contributed by atoms with E-state index in [2.05, 4.69) is 10.3 Å². The van der Waals surface area contributed by atoms with Crippen LogP contribution in [0.1, 0.15) is 0 Å². The van der Waals surface area contributed by atoms with Crippen molar-refractivity contribution < 1.29 is 0 Å². The van der Waals surface area contributed by atoms with Crippen molar-refractivity contribution >= 4 is 23.0 Å². The van der Waals surface area contributed by atoms with E-state index >= 15 is 0 Å². The van der Waals surface area contributed by atoms with Crippen LogP contribution >= 0.6 is 12.2 Å². The second-order valence-corrected chi connectivity index (χ2v) is 3.89. The predicted octanol–water partition coefficient (Wildman–Crippen LogP) is 1.70. The standard InChI is InChI=1S/C12H11N3OS/c13-12(17)15-10-9(6-7-14-11(10)16)8-4-2-1-3-5-8/h1-7H,(H,14,16)(H3,13,15,17). The average molecular weight is 245 g/mol. The molecule has 0 aliphatic rings. The van der Waals surface area contributed by atoms with Crippen LogP contribution < -0.4 is 16.6 Å². The van der Waals surface area contributed by atoms with Crippen LogP contribution in [0.25, 0.3) is 11.1 Å². The van der Waals surface area contributed by atoms with Crippen molar-refractivity contribution in [2.75, 3.05) is 5.32 Å². The van der Waals surface area contributed by atoms with Gasteiger partial charge >= 0.3 is 0 Å². The molecule has 0 unspecified atom stereocenters. The third kappa shape index (κ3) is 2.51. The molecule has 0 saturated heterocycles. The molecule has 1 heterocycles. The fourth-order valence-electron chi connectivity index (χ4n) is 1.58. The van der Waals surface area contributed by atoms with E-state index in [0.29, 0.717) is 5.69 Å². The Morgan fingerprint density at radius 3 is 2.59 bits per heavy atom. The maximum atomic E-state index is 11.7. The molecule has 0 bridgehead atoms. The van der Waals surface area contributed by atoms with E-state index in [0.717, 1.165) is 11.1 Å². The molecule has 1 aromatic carbocycles. The van der Waals surface area contributed by atoms with Gasteiger partial charge in [-0.3, -0.25) is 4.79 Å². The van der Waals surface area contributed by atoms with Crippen molar-refractivity contribution in [3.05, 3.63) is 52.9 Å². The van der Waals surface area contributed by atoms with Crippen molar-refractivity contribution in [2.45, 2.75) is 0 Å². The van der Waals surface area contributed by atoms with Crippen LogP contribution in [0.2, 0.25) is 0 Å². The number of thiocarbonyl (C=S) groups is 1. The molecule has 0 amide bonds. The summed E-state index contributed by atoms with van der Waals surface area (Å²) in [6, 6.07) is 11.4. The number of rotatable bonds is 2. The first-order valence-electron chi connectivity index (χ1n) is 5.02. The normalized spacial score (nSPS) is 9.88. The number of nitrogens with one attached hydrogen (secondary N) is 2. The van der Waals surface area contributed by atoms with E-state index in [4.69, 9.17) is 18.0 Å². The summed E-state index contributed by atoms with van der Waals surface area (Å²) < 4.78 is 0. The van der Waals surface area contributed by atoms with Gasteiger partial charge < -0.3 is 16.0 Å². The highest BCUT2D eigenvalue weighted by atomic mass is 32.1. The van der Waals surface area contributed by atoms with Crippen LogP contribution in [0.4, 0.5) is 5.69 Å². The van der Waals surface area contributed by atoms with Crippen molar-refractivity contribution in [1.29, 1.82) is 0 Å². The molecule has 0 saturated carbocycles. The molecule has 17 heavy (non-hydrogen) atoms. The van der Waals surface area contributed by atoms with Gasteiger partial charge in [0.05, 0.1) is 0 Å². The molecule has 2 rings (SSSR count). The number of anilines is 1. The second-order valence-electron chi connectivity index (χ2n) is 3.45. The SMILES string of the molecule is NC(=S)Nc1c(-c2ccccc2)cc[nH]c1=O.